The van der Waals surface area contributed by atoms with Gasteiger partial charge in [-0.15, -0.1) is 0 Å². The second-order valence-electron chi connectivity index (χ2n) is 5.38. The van der Waals surface area contributed by atoms with Crippen molar-refractivity contribution in [2.45, 2.75) is 24.8 Å². The van der Waals surface area contributed by atoms with Crippen molar-refractivity contribution < 1.29 is 17.6 Å². The van der Waals surface area contributed by atoms with E-state index in [9.17, 15) is 17.6 Å². The van der Waals surface area contributed by atoms with Crippen LogP contribution in [0.15, 0.2) is 47.4 Å². The van der Waals surface area contributed by atoms with Crippen LogP contribution in [0.1, 0.15) is 12.5 Å². The molecule has 2 aromatic rings. The molecule has 0 unspecified atom stereocenters. The summed E-state index contributed by atoms with van der Waals surface area (Å²) in [5.41, 5.74) is 1.78. The van der Waals surface area contributed by atoms with Gasteiger partial charge in [0.05, 0.1) is 4.90 Å². The third-order valence-corrected chi connectivity index (χ3v) is 4.33. The monoisotopic (exact) mass is 351 g/mol. The molecule has 128 valence electrons. The minimum Gasteiger partial charge on any atom is -0.374 e. The van der Waals surface area contributed by atoms with E-state index in [1.54, 1.807) is 19.9 Å². The van der Waals surface area contributed by atoms with E-state index in [1.165, 1.54) is 36.4 Å². The normalized spacial score (nSPS) is 12.5. The molecular formula is C16H18FN3O3S. The van der Waals surface area contributed by atoms with E-state index in [0.29, 0.717) is 16.9 Å². The van der Waals surface area contributed by atoms with Gasteiger partial charge in [0.15, 0.2) is 0 Å². The number of aryl methyl sites for hydroxylation is 1. The summed E-state index contributed by atoms with van der Waals surface area (Å²) in [5.74, 6) is -0.660. The third kappa shape index (κ3) is 4.53. The maximum Gasteiger partial charge on any atom is 0.246 e. The van der Waals surface area contributed by atoms with E-state index in [0.717, 1.165) is 0 Å². The van der Waals surface area contributed by atoms with Gasteiger partial charge in [0, 0.05) is 11.4 Å². The zero-order valence-electron chi connectivity index (χ0n) is 13.2. The molecule has 0 saturated heterocycles. The van der Waals surface area contributed by atoms with Crippen molar-refractivity contribution in [3.05, 3.63) is 53.8 Å². The van der Waals surface area contributed by atoms with Crippen LogP contribution in [-0.2, 0) is 14.8 Å². The lowest BCUT2D eigenvalue weighted by Gasteiger charge is -2.17. The van der Waals surface area contributed by atoms with E-state index >= 15 is 0 Å². The summed E-state index contributed by atoms with van der Waals surface area (Å²) >= 11 is 0. The number of primary sulfonamides is 1. The molecule has 0 aliphatic carbocycles. The van der Waals surface area contributed by atoms with Crippen molar-refractivity contribution in [3.63, 3.8) is 0 Å². The van der Waals surface area contributed by atoms with Gasteiger partial charge in [-0.25, -0.2) is 17.9 Å². The number of amides is 1. The average molecular weight is 351 g/mol. The summed E-state index contributed by atoms with van der Waals surface area (Å²) in [6.07, 6.45) is 0. The Labute approximate surface area is 139 Å². The Balaban J connectivity index is 2.03. The Bertz CT molecular complexity index is 851. The SMILES string of the molecule is Cc1cc(F)ccc1N[C@@H](C)C(=O)Nc1ccc(S(N)(=O)=O)cc1. The first-order chi connectivity index (χ1) is 11.2. The molecule has 24 heavy (non-hydrogen) atoms. The molecule has 0 bridgehead atoms. The van der Waals surface area contributed by atoms with Crippen molar-refractivity contribution in [2.75, 3.05) is 10.6 Å². The van der Waals surface area contributed by atoms with Gasteiger partial charge in [0.1, 0.15) is 11.9 Å². The number of rotatable bonds is 5. The van der Waals surface area contributed by atoms with Crippen LogP contribution in [0.2, 0.25) is 0 Å². The highest BCUT2D eigenvalue weighted by Gasteiger charge is 2.14. The van der Waals surface area contributed by atoms with Gasteiger partial charge in [-0.1, -0.05) is 0 Å². The average Bonchev–Trinajstić information content (AvgIpc) is 2.49. The highest BCUT2D eigenvalue weighted by molar-refractivity contribution is 7.89. The predicted octanol–water partition coefficient (Wildman–Crippen LogP) is 2.22. The highest BCUT2D eigenvalue weighted by atomic mass is 32.2. The van der Waals surface area contributed by atoms with Crippen LogP contribution in [0.5, 0.6) is 0 Å². The van der Waals surface area contributed by atoms with E-state index in [1.807, 2.05) is 0 Å². The summed E-state index contributed by atoms with van der Waals surface area (Å²) in [5, 5.41) is 10.7. The molecule has 6 nitrogen and oxygen atoms in total. The van der Waals surface area contributed by atoms with Crippen LogP contribution in [0.25, 0.3) is 0 Å². The second-order valence-corrected chi connectivity index (χ2v) is 6.95. The fourth-order valence-corrected chi connectivity index (χ4v) is 2.58. The molecule has 0 aliphatic rings. The van der Waals surface area contributed by atoms with Crippen LogP contribution in [-0.4, -0.2) is 20.4 Å². The quantitative estimate of drug-likeness (QED) is 0.769. The molecule has 0 heterocycles. The number of nitrogens with one attached hydrogen (secondary N) is 2. The Hall–Kier alpha value is -2.45. The molecule has 2 aromatic carbocycles. The van der Waals surface area contributed by atoms with Gasteiger partial charge in [0.25, 0.3) is 0 Å². The summed E-state index contributed by atoms with van der Waals surface area (Å²) in [6.45, 7) is 3.40. The first kappa shape index (κ1) is 17.9. The maximum absolute atomic E-state index is 13.1. The van der Waals surface area contributed by atoms with E-state index in [-0.39, 0.29) is 16.6 Å². The summed E-state index contributed by atoms with van der Waals surface area (Å²) in [4.78, 5) is 12.2. The van der Waals surface area contributed by atoms with Crippen molar-refractivity contribution in [1.29, 1.82) is 0 Å². The molecule has 0 aliphatic heterocycles. The van der Waals surface area contributed by atoms with Gasteiger partial charge in [-0.2, -0.15) is 0 Å². The number of carbonyl (C=O) groups is 1. The van der Waals surface area contributed by atoms with E-state index in [2.05, 4.69) is 10.6 Å². The van der Waals surface area contributed by atoms with Crippen LogP contribution in [0, 0.1) is 12.7 Å². The summed E-state index contributed by atoms with van der Waals surface area (Å²) < 4.78 is 35.5. The molecule has 0 fully saturated rings. The standard InChI is InChI=1S/C16H18FN3O3S/c1-10-9-12(17)3-8-15(10)19-11(2)16(21)20-13-4-6-14(7-5-13)24(18,22)23/h3-9,11,19H,1-2H3,(H,20,21)(H2,18,22,23)/t11-/m0/s1. The van der Waals surface area contributed by atoms with Gasteiger partial charge in [-0.05, 0) is 61.9 Å². The van der Waals surface area contributed by atoms with E-state index in [4.69, 9.17) is 5.14 Å². The molecular weight excluding hydrogens is 333 g/mol. The van der Waals surface area contributed by atoms with Crippen LogP contribution in [0.3, 0.4) is 0 Å². The highest BCUT2D eigenvalue weighted by Crippen LogP contribution is 2.18. The number of hydrogen-bond donors (Lipinski definition) is 3. The zero-order chi connectivity index (χ0) is 17.9. The van der Waals surface area contributed by atoms with Crippen molar-refractivity contribution in [2.24, 2.45) is 5.14 Å². The molecule has 0 radical (unpaired) electrons. The largest absolute Gasteiger partial charge is 0.374 e. The number of hydrogen-bond acceptors (Lipinski definition) is 4. The fraction of sp³-hybridized carbons (Fsp3) is 0.188. The minimum absolute atomic E-state index is 0.0337. The Kier molecular flexibility index (Phi) is 5.20. The zero-order valence-corrected chi connectivity index (χ0v) is 14.0. The smallest absolute Gasteiger partial charge is 0.246 e. The molecule has 4 N–H and O–H groups in total. The third-order valence-electron chi connectivity index (χ3n) is 3.40. The molecule has 2 rings (SSSR count). The number of carbonyl (C=O) groups excluding carboxylic acids is 1. The Morgan fingerprint density at radius 1 is 1.17 bits per heavy atom. The fourth-order valence-electron chi connectivity index (χ4n) is 2.07. The van der Waals surface area contributed by atoms with Gasteiger partial charge in [-0.3, -0.25) is 4.79 Å². The Morgan fingerprint density at radius 3 is 2.33 bits per heavy atom. The van der Waals surface area contributed by atoms with Crippen LogP contribution < -0.4 is 15.8 Å². The lowest BCUT2D eigenvalue weighted by atomic mass is 10.1. The van der Waals surface area contributed by atoms with Crippen molar-refractivity contribution >= 4 is 27.3 Å². The number of halogens is 1. The van der Waals surface area contributed by atoms with Crippen LogP contribution in [0.4, 0.5) is 15.8 Å². The summed E-state index contributed by atoms with van der Waals surface area (Å²) in [6, 6.07) is 9.20. The number of benzene rings is 2. The van der Waals surface area contributed by atoms with Gasteiger partial charge < -0.3 is 10.6 Å². The number of sulfonamides is 1. The second kappa shape index (κ2) is 6.98. The van der Waals surface area contributed by atoms with Crippen LogP contribution >= 0.6 is 0 Å². The van der Waals surface area contributed by atoms with Gasteiger partial charge in [0.2, 0.25) is 15.9 Å². The molecule has 0 aromatic heterocycles. The van der Waals surface area contributed by atoms with E-state index < -0.39 is 16.1 Å². The predicted molar refractivity (Wildman–Crippen MR) is 90.7 cm³/mol. The first-order valence-electron chi connectivity index (χ1n) is 7.13. The van der Waals surface area contributed by atoms with Crippen molar-refractivity contribution in [1.82, 2.24) is 0 Å². The lowest BCUT2D eigenvalue weighted by Crippen LogP contribution is -2.32. The number of anilines is 2. The first-order valence-corrected chi connectivity index (χ1v) is 8.68. The molecule has 8 heteroatoms. The maximum atomic E-state index is 13.1. The van der Waals surface area contributed by atoms with Crippen molar-refractivity contribution in [3.8, 4) is 0 Å². The molecule has 1 atom stereocenters. The Morgan fingerprint density at radius 2 is 1.79 bits per heavy atom. The topological polar surface area (TPSA) is 101 Å². The molecule has 0 spiro atoms. The van der Waals surface area contributed by atoms with Gasteiger partial charge >= 0.3 is 0 Å². The summed E-state index contributed by atoms with van der Waals surface area (Å²) in [7, 11) is -3.77. The molecule has 0 saturated carbocycles. The minimum atomic E-state index is -3.77. The lowest BCUT2D eigenvalue weighted by molar-refractivity contribution is -0.116. The number of nitrogens with two attached hydrogens (primary N) is 1. The molecule has 1 amide bonds.